The topological polar surface area (TPSA) is 88.8 Å². The first kappa shape index (κ1) is 15.7. The minimum atomic E-state index is -0.283. The van der Waals surface area contributed by atoms with E-state index in [9.17, 15) is 9.59 Å². The molecule has 0 radical (unpaired) electrons. The first-order valence-electron chi connectivity index (χ1n) is 9.07. The molecule has 1 saturated carbocycles. The van der Waals surface area contributed by atoms with Crippen molar-refractivity contribution in [3.05, 3.63) is 30.2 Å². The van der Waals surface area contributed by atoms with Gasteiger partial charge in [0.25, 0.3) is 5.91 Å². The molecule has 1 unspecified atom stereocenters. The van der Waals surface area contributed by atoms with Crippen molar-refractivity contribution < 1.29 is 14.3 Å². The molecule has 2 saturated heterocycles. The summed E-state index contributed by atoms with van der Waals surface area (Å²) in [7, 11) is 0. The number of ether oxygens (including phenoxy) is 1. The Morgan fingerprint density at radius 3 is 2.92 bits per heavy atom. The van der Waals surface area contributed by atoms with Gasteiger partial charge < -0.3 is 15.0 Å². The van der Waals surface area contributed by atoms with Crippen LogP contribution in [-0.4, -0.2) is 62.7 Å². The maximum Gasteiger partial charge on any atom is 0.268 e. The predicted molar refractivity (Wildman–Crippen MR) is 91.4 cm³/mol. The lowest BCUT2D eigenvalue weighted by Crippen LogP contribution is -2.64. The minimum absolute atomic E-state index is 0.0497. The summed E-state index contributed by atoms with van der Waals surface area (Å²) in [5.41, 5.74) is 0.856. The number of nitrogens with zero attached hydrogens (tertiary/aromatic N) is 4. The Hall–Kier alpha value is -2.48. The van der Waals surface area contributed by atoms with Crippen LogP contribution < -0.4 is 5.32 Å². The number of nitrogens with one attached hydrogen (secondary N) is 1. The molecule has 5 rings (SSSR count). The Kier molecular flexibility index (Phi) is 3.34. The molecule has 2 amide bonds. The quantitative estimate of drug-likeness (QED) is 0.865. The standard InChI is InChI=1S/C18H21N5O3/c1-11-5-13(11)17(25)22-8-18(9-22)6-12(7-26-18)20-16(24)14-3-2-4-15-21-19-10-23(14)15/h2-4,10-13H,5-9H2,1H3,(H,20,24)/t11-,12?,13-/m1/s1. The van der Waals surface area contributed by atoms with Crippen LogP contribution in [0.3, 0.4) is 0 Å². The third-order valence-electron chi connectivity index (χ3n) is 5.81. The van der Waals surface area contributed by atoms with Crippen LogP contribution in [0.4, 0.5) is 0 Å². The first-order valence-corrected chi connectivity index (χ1v) is 9.07. The number of hydrogen-bond acceptors (Lipinski definition) is 5. The average Bonchev–Trinajstić information content (AvgIpc) is 3.01. The number of aromatic nitrogens is 3. The second kappa shape index (κ2) is 5.51. The number of rotatable bonds is 3. The zero-order chi connectivity index (χ0) is 17.9. The molecule has 4 heterocycles. The van der Waals surface area contributed by atoms with Gasteiger partial charge in [-0.15, -0.1) is 10.2 Å². The normalized spacial score (nSPS) is 29.0. The molecule has 0 aromatic carbocycles. The van der Waals surface area contributed by atoms with Crippen LogP contribution in [-0.2, 0) is 9.53 Å². The molecule has 0 bridgehead atoms. The van der Waals surface area contributed by atoms with Gasteiger partial charge in [0.05, 0.1) is 25.7 Å². The molecule has 2 aliphatic heterocycles. The van der Waals surface area contributed by atoms with Crippen molar-refractivity contribution in [2.75, 3.05) is 19.7 Å². The Balaban J connectivity index is 1.20. The van der Waals surface area contributed by atoms with E-state index in [2.05, 4.69) is 22.4 Å². The van der Waals surface area contributed by atoms with Crippen LogP contribution in [0.15, 0.2) is 24.5 Å². The lowest BCUT2D eigenvalue weighted by Gasteiger charge is -2.47. The fourth-order valence-corrected chi connectivity index (χ4v) is 4.16. The van der Waals surface area contributed by atoms with Gasteiger partial charge in [-0.05, 0) is 24.5 Å². The van der Waals surface area contributed by atoms with Crippen molar-refractivity contribution >= 4 is 17.5 Å². The zero-order valence-corrected chi connectivity index (χ0v) is 14.6. The van der Waals surface area contributed by atoms with Gasteiger partial charge in [-0.1, -0.05) is 13.0 Å². The summed E-state index contributed by atoms with van der Waals surface area (Å²) in [6, 6.07) is 5.29. The van der Waals surface area contributed by atoms with Crippen molar-refractivity contribution in [2.24, 2.45) is 11.8 Å². The highest BCUT2D eigenvalue weighted by atomic mass is 16.5. The molecule has 1 aliphatic carbocycles. The summed E-state index contributed by atoms with van der Waals surface area (Å²) in [6.45, 7) is 3.88. The summed E-state index contributed by atoms with van der Waals surface area (Å²) in [6.07, 6.45) is 3.28. The predicted octanol–water partition coefficient (Wildman–Crippen LogP) is 0.485. The van der Waals surface area contributed by atoms with Crippen molar-refractivity contribution in [3.8, 4) is 0 Å². The Morgan fingerprint density at radius 2 is 2.15 bits per heavy atom. The van der Waals surface area contributed by atoms with Gasteiger partial charge in [0.15, 0.2) is 5.65 Å². The van der Waals surface area contributed by atoms with Gasteiger partial charge in [0.2, 0.25) is 5.91 Å². The van der Waals surface area contributed by atoms with E-state index in [1.54, 1.807) is 22.6 Å². The van der Waals surface area contributed by atoms with Crippen LogP contribution in [0.2, 0.25) is 0 Å². The first-order chi connectivity index (χ1) is 12.5. The molecule has 1 spiro atoms. The number of fused-ring (bicyclic) bond motifs is 1. The van der Waals surface area contributed by atoms with E-state index in [-0.39, 0.29) is 29.4 Å². The monoisotopic (exact) mass is 355 g/mol. The van der Waals surface area contributed by atoms with Crippen molar-refractivity contribution in [3.63, 3.8) is 0 Å². The number of hydrogen-bond donors (Lipinski definition) is 1. The SMILES string of the molecule is C[C@@H]1C[C@H]1C(=O)N1CC2(CC(NC(=O)c3cccc4nncn34)CO2)C1. The van der Waals surface area contributed by atoms with Gasteiger partial charge in [-0.2, -0.15) is 0 Å². The van der Waals surface area contributed by atoms with Gasteiger partial charge >= 0.3 is 0 Å². The number of amides is 2. The molecule has 3 atom stereocenters. The van der Waals surface area contributed by atoms with Crippen LogP contribution >= 0.6 is 0 Å². The molecule has 8 nitrogen and oxygen atoms in total. The lowest BCUT2D eigenvalue weighted by atomic mass is 9.89. The number of likely N-dealkylation sites (tertiary alicyclic amines) is 1. The lowest BCUT2D eigenvalue weighted by molar-refractivity contribution is -0.159. The number of carbonyl (C=O) groups excluding carboxylic acids is 2. The highest BCUT2D eigenvalue weighted by Crippen LogP contribution is 2.43. The maximum atomic E-state index is 12.6. The zero-order valence-electron chi connectivity index (χ0n) is 14.6. The Bertz CT molecular complexity index is 888. The molecular formula is C18H21N5O3. The molecular weight excluding hydrogens is 334 g/mol. The second-order valence-electron chi connectivity index (χ2n) is 7.85. The third kappa shape index (κ3) is 2.47. The highest BCUT2D eigenvalue weighted by Gasteiger charge is 2.54. The highest BCUT2D eigenvalue weighted by molar-refractivity contribution is 5.93. The summed E-state index contributed by atoms with van der Waals surface area (Å²) in [4.78, 5) is 26.8. The van der Waals surface area contributed by atoms with E-state index in [0.717, 1.165) is 12.8 Å². The molecule has 3 fully saturated rings. The molecule has 8 heteroatoms. The summed E-state index contributed by atoms with van der Waals surface area (Å²) >= 11 is 0. The van der Waals surface area contributed by atoms with Crippen LogP contribution in [0.5, 0.6) is 0 Å². The van der Waals surface area contributed by atoms with E-state index < -0.39 is 0 Å². The van der Waals surface area contributed by atoms with Gasteiger partial charge in [0, 0.05) is 12.3 Å². The van der Waals surface area contributed by atoms with Crippen molar-refractivity contribution in [2.45, 2.75) is 31.4 Å². The minimum Gasteiger partial charge on any atom is -0.369 e. The summed E-state index contributed by atoms with van der Waals surface area (Å²) in [5.74, 6) is 0.836. The van der Waals surface area contributed by atoms with Crippen LogP contribution in [0.25, 0.3) is 5.65 Å². The van der Waals surface area contributed by atoms with Crippen molar-refractivity contribution in [1.82, 2.24) is 24.8 Å². The summed E-state index contributed by atoms with van der Waals surface area (Å²) in [5, 5.41) is 10.8. The Morgan fingerprint density at radius 1 is 1.35 bits per heavy atom. The molecule has 1 N–H and O–H groups in total. The molecule has 2 aromatic heterocycles. The van der Waals surface area contributed by atoms with E-state index >= 15 is 0 Å². The number of carbonyl (C=O) groups is 2. The smallest absolute Gasteiger partial charge is 0.268 e. The number of pyridine rings is 1. The van der Waals surface area contributed by atoms with E-state index in [4.69, 9.17) is 4.74 Å². The third-order valence-corrected chi connectivity index (χ3v) is 5.81. The average molecular weight is 355 g/mol. The fourth-order valence-electron chi connectivity index (χ4n) is 4.16. The van der Waals surface area contributed by atoms with Gasteiger partial charge in [0.1, 0.15) is 17.6 Å². The van der Waals surface area contributed by atoms with Gasteiger partial charge in [-0.3, -0.25) is 14.0 Å². The summed E-state index contributed by atoms with van der Waals surface area (Å²) < 4.78 is 7.63. The molecule has 2 aromatic rings. The maximum absolute atomic E-state index is 12.6. The van der Waals surface area contributed by atoms with Gasteiger partial charge in [-0.25, -0.2) is 0 Å². The van der Waals surface area contributed by atoms with Crippen molar-refractivity contribution in [1.29, 1.82) is 0 Å². The fraction of sp³-hybridized carbons (Fsp3) is 0.556. The molecule has 136 valence electrons. The van der Waals surface area contributed by atoms with E-state index in [0.29, 0.717) is 37.0 Å². The van der Waals surface area contributed by atoms with E-state index in [1.807, 2.05) is 4.90 Å². The largest absolute Gasteiger partial charge is 0.369 e. The van der Waals surface area contributed by atoms with Crippen LogP contribution in [0.1, 0.15) is 30.3 Å². The Labute approximate surface area is 150 Å². The second-order valence-corrected chi connectivity index (χ2v) is 7.85. The molecule has 3 aliphatic rings. The van der Waals surface area contributed by atoms with E-state index in [1.165, 1.54) is 6.33 Å². The van der Waals surface area contributed by atoms with Crippen LogP contribution in [0, 0.1) is 11.8 Å². The molecule has 26 heavy (non-hydrogen) atoms.